The van der Waals surface area contributed by atoms with E-state index in [9.17, 15) is 9.59 Å². The Labute approximate surface area is 97.9 Å². The minimum absolute atomic E-state index is 0.00966. The number of carbonyl (C=O) groups is 2. The molecule has 2 rings (SSSR count). The van der Waals surface area contributed by atoms with Crippen LogP contribution in [0.5, 0.6) is 0 Å². The normalized spacial score (nSPS) is 16.6. The van der Waals surface area contributed by atoms with Crippen molar-refractivity contribution in [3.63, 3.8) is 0 Å². The largest absolute Gasteiger partial charge is 0.459 e. The molecular formula is C10H14N4O3. The Bertz CT molecular complexity index is 429. The smallest absolute Gasteiger partial charge is 0.301 e. The molecular weight excluding hydrogens is 224 g/mol. The van der Waals surface area contributed by atoms with Gasteiger partial charge in [-0.3, -0.25) is 19.9 Å². The number of carbonyl (C=O) groups excluding carboxylic acids is 2. The van der Waals surface area contributed by atoms with Gasteiger partial charge in [-0.1, -0.05) is 0 Å². The second-order valence-electron chi connectivity index (χ2n) is 3.81. The molecule has 1 aliphatic heterocycles. The van der Waals surface area contributed by atoms with Crippen LogP contribution in [0.4, 0.5) is 0 Å². The van der Waals surface area contributed by atoms with E-state index in [-0.39, 0.29) is 11.7 Å². The van der Waals surface area contributed by atoms with Gasteiger partial charge >= 0.3 is 5.91 Å². The van der Waals surface area contributed by atoms with Gasteiger partial charge in [0, 0.05) is 25.2 Å². The van der Waals surface area contributed by atoms with E-state index < -0.39 is 5.91 Å². The molecule has 4 N–H and O–H groups in total. The standard InChI is InChI=1S/C10H14N4O3/c11-13-10(16)9-7(1-4-17-9)5-14-3-2-12-8(15)6-14/h1,4H,2-3,5-6,11H2,(H,12,15)(H,13,16). The highest BCUT2D eigenvalue weighted by Crippen LogP contribution is 2.13. The van der Waals surface area contributed by atoms with E-state index in [0.29, 0.717) is 19.6 Å². The van der Waals surface area contributed by atoms with Crippen LogP contribution in [0.2, 0.25) is 0 Å². The van der Waals surface area contributed by atoms with E-state index in [1.165, 1.54) is 6.26 Å². The summed E-state index contributed by atoms with van der Waals surface area (Å²) < 4.78 is 5.07. The Morgan fingerprint density at radius 3 is 3.18 bits per heavy atom. The fraction of sp³-hybridized carbons (Fsp3) is 0.400. The first kappa shape index (κ1) is 11.6. The van der Waals surface area contributed by atoms with Gasteiger partial charge < -0.3 is 9.73 Å². The van der Waals surface area contributed by atoms with E-state index in [1.807, 2.05) is 10.3 Å². The third-order valence-electron chi connectivity index (χ3n) is 2.60. The highest BCUT2D eigenvalue weighted by atomic mass is 16.3. The van der Waals surface area contributed by atoms with Gasteiger partial charge in [-0.15, -0.1) is 0 Å². The third kappa shape index (κ3) is 2.63. The zero-order valence-corrected chi connectivity index (χ0v) is 9.23. The minimum atomic E-state index is -0.466. The summed E-state index contributed by atoms with van der Waals surface area (Å²) in [5.74, 6) is 4.77. The summed E-state index contributed by atoms with van der Waals surface area (Å²) in [7, 11) is 0. The number of nitrogens with zero attached hydrogens (tertiary/aromatic N) is 1. The lowest BCUT2D eigenvalue weighted by atomic mass is 10.2. The number of amides is 2. The monoisotopic (exact) mass is 238 g/mol. The van der Waals surface area contributed by atoms with Crippen molar-refractivity contribution in [2.24, 2.45) is 5.84 Å². The molecule has 1 aromatic rings. The van der Waals surface area contributed by atoms with Crippen molar-refractivity contribution in [3.8, 4) is 0 Å². The average molecular weight is 238 g/mol. The van der Waals surface area contributed by atoms with E-state index in [1.54, 1.807) is 6.07 Å². The molecule has 7 heteroatoms. The summed E-state index contributed by atoms with van der Waals surface area (Å²) in [4.78, 5) is 24.5. The van der Waals surface area contributed by atoms with Gasteiger partial charge in [0.2, 0.25) is 5.91 Å². The molecule has 2 heterocycles. The first-order valence-corrected chi connectivity index (χ1v) is 5.27. The SMILES string of the molecule is NNC(=O)c1occc1CN1CCNC(=O)C1. The number of nitrogens with one attached hydrogen (secondary N) is 2. The van der Waals surface area contributed by atoms with Crippen molar-refractivity contribution in [2.75, 3.05) is 19.6 Å². The second kappa shape index (κ2) is 4.98. The van der Waals surface area contributed by atoms with E-state index in [4.69, 9.17) is 10.3 Å². The number of hydrazine groups is 1. The van der Waals surface area contributed by atoms with Crippen LogP contribution in [0.25, 0.3) is 0 Å². The maximum atomic E-state index is 11.4. The first-order chi connectivity index (χ1) is 8.20. The number of furan rings is 1. The summed E-state index contributed by atoms with van der Waals surface area (Å²) in [6.07, 6.45) is 1.43. The highest BCUT2D eigenvalue weighted by Gasteiger charge is 2.20. The Balaban J connectivity index is 2.05. The fourth-order valence-corrected chi connectivity index (χ4v) is 1.79. The maximum Gasteiger partial charge on any atom is 0.301 e. The molecule has 92 valence electrons. The number of hydrogen-bond acceptors (Lipinski definition) is 5. The van der Waals surface area contributed by atoms with Crippen LogP contribution in [0.15, 0.2) is 16.7 Å². The molecule has 17 heavy (non-hydrogen) atoms. The number of rotatable bonds is 3. The van der Waals surface area contributed by atoms with E-state index in [2.05, 4.69) is 5.32 Å². The average Bonchev–Trinajstić information content (AvgIpc) is 2.76. The summed E-state index contributed by atoms with van der Waals surface area (Å²) >= 11 is 0. The molecule has 1 fully saturated rings. The topological polar surface area (TPSA) is 101 Å². The lowest BCUT2D eigenvalue weighted by molar-refractivity contribution is -0.124. The molecule has 0 unspecified atom stereocenters. The summed E-state index contributed by atoms with van der Waals surface area (Å²) in [6.45, 7) is 2.19. The van der Waals surface area contributed by atoms with Crippen molar-refractivity contribution >= 4 is 11.8 Å². The fourth-order valence-electron chi connectivity index (χ4n) is 1.79. The van der Waals surface area contributed by atoms with Gasteiger partial charge in [-0.05, 0) is 6.07 Å². The van der Waals surface area contributed by atoms with Crippen molar-refractivity contribution in [1.29, 1.82) is 0 Å². The summed E-state index contributed by atoms with van der Waals surface area (Å²) in [5.41, 5.74) is 2.75. The van der Waals surface area contributed by atoms with Crippen molar-refractivity contribution < 1.29 is 14.0 Å². The van der Waals surface area contributed by atoms with Gasteiger partial charge in [-0.25, -0.2) is 5.84 Å². The molecule has 0 bridgehead atoms. The summed E-state index contributed by atoms with van der Waals surface area (Å²) in [6, 6.07) is 1.71. The van der Waals surface area contributed by atoms with Crippen LogP contribution in [0, 0.1) is 0 Å². The maximum absolute atomic E-state index is 11.4. The molecule has 0 atom stereocenters. The Hall–Kier alpha value is -1.86. The van der Waals surface area contributed by atoms with Crippen LogP contribution in [-0.4, -0.2) is 36.3 Å². The molecule has 0 aliphatic carbocycles. The van der Waals surface area contributed by atoms with Gasteiger partial charge in [0.05, 0.1) is 12.8 Å². The Morgan fingerprint density at radius 2 is 2.47 bits per heavy atom. The van der Waals surface area contributed by atoms with Gasteiger partial charge in [-0.2, -0.15) is 0 Å². The Kier molecular flexibility index (Phi) is 3.40. The zero-order chi connectivity index (χ0) is 12.3. The second-order valence-corrected chi connectivity index (χ2v) is 3.81. The lowest BCUT2D eigenvalue weighted by Crippen LogP contribution is -2.47. The van der Waals surface area contributed by atoms with Crippen LogP contribution in [-0.2, 0) is 11.3 Å². The van der Waals surface area contributed by atoms with Gasteiger partial charge in [0.1, 0.15) is 0 Å². The van der Waals surface area contributed by atoms with Crippen LogP contribution >= 0.6 is 0 Å². The minimum Gasteiger partial charge on any atom is -0.459 e. The predicted octanol–water partition coefficient (Wildman–Crippen LogP) is -1.19. The number of nitrogens with two attached hydrogens (primary N) is 1. The number of nitrogen functional groups attached to an aromatic ring is 1. The van der Waals surface area contributed by atoms with Crippen molar-refractivity contribution in [3.05, 3.63) is 23.7 Å². The highest BCUT2D eigenvalue weighted by molar-refractivity contribution is 5.92. The first-order valence-electron chi connectivity index (χ1n) is 5.27. The van der Waals surface area contributed by atoms with Crippen LogP contribution in [0.1, 0.15) is 16.1 Å². The number of hydrogen-bond donors (Lipinski definition) is 3. The predicted molar refractivity (Wildman–Crippen MR) is 58.6 cm³/mol. The Morgan fingerprint density at radius 1 is 1.65 bits per heavy atom. The molecule has 1 aliphatic rings. The van der Waals surface area contributed by atoms with Gasteiger partial charge in [0.25, 0.3) is 0 Å². The molecule has 0 radical (unpaired) electrons. The molecule has 7 nitrogen and oxygen atoms in total. The summed E-state index contributed by atoms with van der Waals surface area (Å²) in [5, 5.41) is 2.74. The quantitative estimate of drug-likeness (QED) is 0.349. The van der Waals surface area contributed by atoms with E-state index in [0.717, 1.165) is 12.1 Å². The van der Waals surface area contributed by atoms with Crippen LogP contribution in [0.3, 0.4) is 0 Å². The lowest BCUT2D eigenvalue weighted by Gasteiger charge is -2.26. The van der Waals surface area contributed by atoms with E-state index >= 15 is 0 Å². The molecule has 0 aromatic carbocycles. The molecule has 0 spiro atoms. The van der Waals surface area contributed by atoms with Gasteiger partial charge in [0.15, 0.2) is 5.76 Å². The van der Waals surface area contributed by atoms with Crippen LogP contribution < -0.4 is 16.6 Å². The van der Waals surface area contributed by atoms with Crippen molar-refractivity contribution in [2.45, 2.75) is 6.54 Å². The zero-order valence-electron chi connectivity index (χ0n) is 9.23. The number of piperazine rings is 1. The third-order valence-corrected chi connectivity index (χ3v) is 2.60. The molecule has 1 aromatic heterocycles. The molecule has 2 amide bonds. The molecule has 0 saturated carbocycles. The molecule has 1 saturated heterocycles. The van der Waals surface area contributed by atoms with Crippen molar-refractivity contribution in [1.82, 2.24) is 15.6 Å².